The summed E-state index contributed by atoms with van der Waals surface area (Å²) >= 11 is 0. The first-order valence-corrected chi connectivity index (χ1v) is 10.1. The van der Waals surface area contributed by atoms with Gasteiger partial charge in [-0.15, -0.1) is 0 Å². The summed E-state index contributed by atoms with van der Waals surface area (Å²) in [5, 5.41) is 9.57. The summed E-state index contributed by atoms with van der Waals surface area (Å²) in [7, 11) is -3.23. The van der Waals surface area contributed by atoms with Gasteiger partial charge in [0.05, 0.1) is 18.1 Å². The Kier molecular flexibility index (Phi) is 4.39. The number of carboxylic acids is 1. The van der Waals surface area contributed by atoms with E-state index in [2.05, 4.69) is 0 Å². The van der Waals surface area contributed by atoms with Gasteiger partial charge in [0.2, 0.25) is 15.9 Å². The number of aliphatic carboxylic acids is 1. The molecule has 1 saturated heterocycles. The maximum absolute atomic E-state index is 12.9. The van der Waals surface area contributed by atoms with Crippen molar-refractivity contribution in [1.82, 2.24) is 9.21 Å². The fourth-order valence-corrected chi connectivity index (χ4v) is 5.44. The molecular formula is C15H24N2O5S. The van der Waals surface area contributed by atoms with E-state index in [-0.39, 0.29) is 17.7 Å². The van der Waals surface area contributed by atoms with E-state index in [1.54, 1.807) is 4.90 Å². The molecule has 2 atom stereocenters. The number of carboxylic acid groups (broad SMARTS) is 1. The van der Waals surface area contributed by atoms with Crippen LogP contribution in [0.3, 0.4) is 0 Å². The van der Waals surface area contributed by atoms with Crippen molar-refractivity contribution in [3.63, 3.8) is 0 Å². The SMILES string of the molecule is CS(=O)(=O)N1CCN(C(=O)[C@@H]2C3CCC(CC3)[C@H]2C(=O)O)CC1. The van der Waals surface area contributed by atoms with Gasteiger partial charge in [0, 0.05) is 26.2 Å². The third kappa shape index (κ3) is 3.10. The molecule has 1 amide bonds. The van der Waals surface area contributed by atoms with E-state index in [0.29, 0.717) is 26.2 Å². The fourth-order valence-electron chi connectivity index (χ4n) is 4.61. The highest BCUT2D eigenvalue weighted by molar-refractivity contribution is 7.88. The van der Waals surface area contributed by atoms with Gasteiger partial charge < -0.3 is 10.0 Å². The number of carbonyl (C=O) groups is 2. The van der Waals surface area contributed by atoms with Crippen molar-refractivity contribution >= 4 is 21.9 Å². The Morgan fingerprint density at radius 3 is 1.83 bits per heavy atom. The molecule has 1 aliphatic heterocycles. The molecular weight excluding hydrogens is 320 g/mol. The second-order valence-corrected chi connectivity index (χ2v) is 9.03. The van der Waals surface area contributed by atoms with Gasteiger partial charge in [-0.2, -0.15) is 4.31 Å². The van der Waals surface area contributed by atoms with E-state index in [4.69, 9.17) is 0 Å². The van der Waals surface area contributed by atoms with Crippen LogP contribution in [0.15, 0.2) is 0 Å². The average Bonchev–Trinajstić information content (AvgIpc) is 2.53. The van der Waals surface area contributed by atoms with Crippen LogP contribution in [0.2, 0.25) is 0 Å². The Hall–Kier alpha value is -1.15. The summed E-state index contributed by atoms with van der Waals surface area (Å²) in [6.45, 7) is 1.30. The summed E-state index contributed by atoms with van der Waals surface area (Å²) in [6, 6.07) is 0. The Balaban J connectivity index is 1.71. The van der Waals surface area contributed by atoms with Gasteiger partial charge in [-0.05, 0) is 37.5 Å². The molecule has 3 aliphatic carbocycles. The zero-order chi connectivity index (χ0) is 16.8. The quantitative estimate of drug-likeness (QED) is 0.791. The van der Waals surface area contributed by atoms with E-state index < -0.39 is 27.8 Å². The van der Waals surface area contributed by atoms with Gasteiger partial charge in [0.25, 0.3) is 0 Å². The summed E-state index contributed by atoms with van der Waals surface area (Å²) in [5.41, 5.74) is 0. The van der Waals surface area contributed by atoms with Crippen LogP contribution < -0.4 is 0 Å². The standard InChI is InChI=1S/C15H24N2O5S/c1-23(21,22)17-8-6-16(7-9-17)14(18)12-10-2-4-11(5-3-10)13(12)15(19)20/h10-13H,2-9H2,1H3,(H,19,20)/t10?,11?,12-,13-/m1/s1. The molecule has 130 valence electrons. The maximum Gasteiger partial charge on any atom is 0.307 e. The van der Waals surface area contributed by atoms with Gasteiger partial charge in [-0.1, -0.05) is 0 Å². The number of amides is 1. The molecule has 0 aromatic carbocycles. The third-order valence-corrected chi connectivity index (χ3v) is 7.11. The summed E-state index contributed by atoms with van der Waals surface area (Å²) in [6.07, 6.45) is 4.87. The lowest BCUT2D eigenvalue weighted by molar-refractivity contribution is -0.162. The Labute approximate surface area is 136 Å². The van der Waals surface area contributed by atoms with Crippen LogP contribution >= 0.6 is 0 Å². The van der Waals surface area contributed by atoms with E-state index in [9.17, 15) is 23.1 Å². The number of hydrogen-bond donors (Lipinski definition) is 1. The van der Waals surface area contributed by atoms with Gasteiger partial charge in [0.1, 0.15) is 0 Å². The van der Waals surface area contributed by atoms with Crippen LogP contribution in [0.1, 0.15) is 25.7 Å². The molecule has 0 unspecified atom stereocenters. The Morgan fingerprint density at radius 2 is 1.39 bits per heavy atom. The molecule has 4 aliphatic rings. The average molecular weight is 344 g/mol. The minimum Gasteiger partial charge on any atom is -0.481 e. The van der Waals surface area contributed by atoms with Crippen molar-refractivity contribution in [2.45, 2.75) is 25.7 Å². The first-order chi connectivity index (χ1) is 10.8. The summed E-state index contributed by atoms with van der Waals surface area (Å²) in [4.78, 5) is 26.2. The number of rotatable bonds is 3. The van der Waals surface area contributed by atoms with E-state index >= 15 is 0 Å². The van der Waals surface area contributed by atoms with Crippen molar-refractivity contribution in [2.24, 2.45) is 23.7 Å². The highest BCUT2D eigenvalue weighted by Crippen LogP contribution is 2.49. The minimum atomic E-state index is -3.23. The van der Waals surface area contributed by atoms with Crippen LogP contribution in [0.4, 0.5) is 0 Å². The monoisotopic (exact) mass is 344 g/mol. The minimum absolute atomic E-state index is 0.0834. The smallest absolute Gasteiger partial charge is 0.307 e. The molecule has 1 heterocycles. The Morgan fingerprint density at radius 1 is 0.913 bits per heavy atom. The van der Waals surface area contributed by atoms with Crippen molar-refractivity contribution in [1.29, 1.82) is 0 Å². The van der Waals surface area contributed by atoms with Gasteiger partial charge in [0.15, 0.2) is 0 Å². The third-order valence-electron chi connectivity index (χ3n) is 5.81. The molecule has 4 rings (SSSR count). The zero-order valence-electron chi connectivity index (χ0n) is 13.3. The number of carbonyl (C=O) groups excluding carboxylic acids is 1. The van der Waals surface area contributed by atoms with Crippen LogP contribution in [0, 0.1) is 23.7 Å². The number of hydrogen-bond acceptors (Lipinski definition) is 4. The molecule has 7 nitrogen and oxygen atoms in total. The van der Waals surface area contributed by atoms with Crippen molar-refractivity contribution in [2.75, 3.05) is 32.4 Å². The Bertz CT molecular complexity index is 589. The van der Waals surface area contributed by atoms with Crippen LogP contribution in [0.25, 0.3) is 0 Å². The van der Waals surface area contributed by atoms with Crippen LogP contribution in [-0.4, -0.2) is 67.0 Å². The molecule has 23 heavy (non-hydrogen) atoms. The molecule has 0 radical (unpaired) electrons. The topological polar surface area (TPSA) is 95.0 Å². The fraction of sp³-hybridized carbons (Fsp3) is 0.867. The normalized spacial score (nSPS) is 35.3. The second kappa shape index (κ2) is 6.05. The number of fused-ring (bicyclic) bond motifs is 3. The van der Waals surface area contributed by atoms with Crippen molar-refractivity contribution in [3.8, 4) is 0 Å². The molecule has 8 heteroatoms. The molecule has 3 saturated carbocycles. The molecule has 0 spiro atoms. The molecule has 4 fully saturated rings. The number of piperazine rings is 1. The first kappa shape index (κ1) is 16.7. The van der Waals surface area contributed by atoms with E-state index in [0.717, 1.165) is 25.7 Å². The largest absolute Gasteiger partial charge is 0.481 e. The summed E-state index contributed by atoms with van der Waals surface area (Å²) < 4.78 is 24.5. The number of nitrogens with zero attached hydrogens (tertiary/aromatic N) is 2. The van der Waals surface area contributed by atoms with Crippen molar-refractivity contribution < 1.29 is 23.1 Å². The van der Waals surface area contributed by atoms with Gasteiger partial charge in [-0.25, -0.2) is 8.42 Å². The van der Waals surface area contributed by atoms with Crippen LogP contribution in [0.5, 0.6) is 0 Å². The van der Waals surface area contributed by atoms with Crippen LogP contribution in [-0.2, 0) is 19.6 Å². The second-order valence-electron chi connectivity index (χ2n) is 7.05. The lowest BCUT2D eigenvalue weighted by atomic mass is 9.58. The predicted octanol–water partition coefficient (Wildman–Crippen LogP) is 0.227. The number of sulfonamides is 1. The highest BCUT2D eigenvalue weighted by Gasteiger charge is 2.51. The van der Waals surface area contributed by atoms with Gasteiger partial charge in [-0.3, -0.25) is 9.59 Å². The highest BCUT2D eigenvalue weighted by atomic mass is 32.2. The van der Waals surface area contributed by atoms with Gasteiger partial charge >= 0.3 is 5.97 Å². The van der Waals surface area contributed by atoms with E-state index in [1.165, 1.54) is 10.6 Å². The molecule has 2 bridgehead atoms. The lowest BCUT2D eigenvalue weighted by Gasteiger charge is -2.47. The lowest BCUT2D eigenvalue weighted by Crippen LogP contribution is -2.56. The zero-order valence-corrected chi connectivity index (χ0v) is 14.2. The first-order valence-electron chi connectivity index (χ1n) is 8.25. The molecule has 1 N–H and O–H groups in total. The molecule has 0 aromatic rings. The maximum atomic E-state index is 12.9. The predicted molar refractivity (Wildman–Crippen MR) is 83.1 cm³/mol. The van der Waals surface area contributed by atoms with Crippen molar-refractivity contribution in [3.05, 3.63) is 0 Å². The molecule has 0 aromatic heterocycles. The van der Waals surface area contributed by atoms with E-state index in [1.807, 2.05) is 0 Å². The summed E-state index contributed by atoms with van der Waals surface area (Å²) in [5.74, 6) is -1.65.